The van der Waals surface area contributed by atoms with Crippen molar-refractivity contribution >= 4 is 17.9 Å². The summed E-state index contributed by atoms with van der Waals surface area (Å²) in [6, 6.07) is -0.745. The highest BCUT2D eigenvalue weighted by Gasteiger charge is 2.24. The number of esters is 1. The summed E-state index contributed by atoms with van der Waals surface area (Å²) in [4.78, 5) is 27.8. The Hall–Kier alpha value is -1.83. The highest BCUT2D eigenvalue weighted by atomic mass is 16.6. The molecule has 1 amide bonds. The number of ether oxygens (including phenoxy) is 2. The van der Waals surface area contributed by atoms with E-state index in [-0.39, 0.29) is 6.61 Å². The van der Waals surface area contributed by atoms with E-state index in [4.69, 9.17) is 14.7 Å². The number of aliphatic imine (C=N–C) groups is 1. The first kappa shape index (κ1) is 21.2. The fourth-order valence-corrected chi connectivity index (χ4v) is 1.68. The Bertz CT molecular complexity index is 404. The molecule has 0 saturated heterocycles. The van der Waals surface area contributed by atoms with Crippen molar-refractivity contribution in [2.45, 2.75) is 65.5 Å². The molecule has 0 aromatic carbocycles. The zero-order valence-corrected chi connectivity index (χ0v) is 14.6. The van der Waals surface area contributed by atoms with E-state index in [1.165, 1.54) is 0 Å². The number of hydrogen-bond donors (Lipinski definition) is 3. The van der Waals surface area contributed by atoms with Crippen molar-refractivity contribution in [3.63, 3.8) is 0 Å². The van der Waals surface area contributed by atoms with Crippen LogP contribution in [0.5, 0.6) is 0 Å². The number of carbonyl (C=O) groups excluding carboxylic acids is 2. The summed E-state index contributed by atoms with van der Waals surface area (Å²) in [5.74, 6) is -0.0473. The van der Waals surface area contributed by atoms with Crippen LogP contribution in [-0.4, -0.2) is 47.9 Å². The molecule has 8 nitrogen and oxygen atoms in total. The lowest BCUT2D eigenvalue weighted by Crippen LogP contribution is -2.44. The second kappa shape index (κ2) is 10.8. The normalized spacial score (nSPS) is 13.2. The Morgan fingerprint density at radius 3 is 2.43 bits per heavy atom. The molecule has 134 valence electrons. The van der Waals surface area contributed by atoms with Gasteiger partial charge in [0.25, 0.3) is 0 Å². The largest absolute Gasteiger partial charge is 0.464 e. The van der Waals surface area contributed by atoms with Crippen LogP contribution in [0.1, 0.15) is 53.9 Å². The Labute approximate surface area is 137 Å². The van der Waals surface area contributed by atoms with Gasteiger partial charge in [0.1, 0.15) is 17.5 Å². The van der Waals surface area contributed by atoms with Crippen molar-refractivity contribution in [1.29, 1.82) is 0 Å². The number of amidine groups is 1. The Morgan fingerprint density at radius 1 is 1.26 bits per heavy atom. The van der Waals surface area contributed by atoms with E-state index in [1.54, 1.807) is 34.6 Å². The van der Waals surface area contributed by atoms with Crippen molar-refractivity contribution in [2.75, 3.05) is 13.2 Å². The number of nitrogens with one attached hydrogen (secondary N) is 2. The predicted molar refractivity (Wildman–Crippen MR) is 86.5 cm³/mol. The number of hydroxylamine groups is 1. The number of rotatable bonds is 8. The van der Waals surface area contributed by atoms with E-state index in [2.05, 4.69) is 10.3 Å². The van der Waals surface area contributed by atoms with E-state index in [0.717, 1.165) is 0 Å². The minimum Gasteiger partial charge on any atom is -0.464 e. The lowest BCUT2D eigenvalue weighted by Gasteiger charge is -2.22. The summed E-state index contributed by atoms with van der Waals surface area (Å²) in [6.45, 7) is 9.37. The van der Waals surface area contributed by atoms with Gasteiger partial charge in [-0.15, -0.1) is 0 Å². The molecule has 0 aliphatic rings. The van der Waals surface area contributed by atoms with Gasteiger partial charge in [-0.2, -0.15) is 0 Å². The van der Waals surface area contributed by atoms with E-state index >= 15 is 0 Å². The first-order valence-corrected chi connectivity index (χ1v) is 7.77. The van der Waals surface area contributed by atoms with E-state index in [0.29, 0.717) is 31.6 Å². The molecule has 0 aliphatic carbocycles. The van der Waals surface area contributed by atoms with Gasteiger partial charge in [-0.3, -0.25) is 15.7 Å². The third-order valence-electron chi connectivity index (χ3n) is 2.67. The molecule has 0 aliphatic heterocycles. The topological polar surface area (TPSA) is 109 Å². The standard InChI is InChI=1S/C15H29N3O5/c1-6-22-13(19)12(17-14(20)23-15(3,4)5)9-7-8-10-16-11(2)18-21/h12,21H,6-10H2,1-5H3,(H,16,18)(H,17,20)/t12-/m0/s1. The molecular weight excluding hydrogens is 302 g/mol. The van der Waals surface area contributed by atoms with Crippen molar-refractivity contribution < 1.29 is 24.3 Å². The van der Waals surface area contributed by atoms with E-state index in [9.17, 15) is 9.59 Å². The molecule has 0 fully saturated rings. The van der Waals surface area contributed by atoms with Crippen molar-refractivity contribution in [1.82, 2.24) is 10.8 Å². The van der Waals surface area contributed by atoms with Crippen molar-refractivity contribution in [3.8, 4) is 0 Å². The average molecular weight is 331 g/mol. The van der Waals surface area contributed by atoms with Crippen LogP contribution in [0, 0.1) is 0 Å². The van der Waals surface area contributed by atoms with Crippen LogP contribution >= 0.6 is 0 Å². The Balaban J connectivity index is 4.41. The van der Waals surface area contributed by atoms with Gasteiger partial charge < -0.3 is 14.8 Å². The average Bonchev–Trinajstić information content (AvgIpc) is 2.43. The summed E-state index contributed by atoms with van der Waals surface area (Å²) in [7, 11) is 0. The third kappa shape index (κ3) is 11.4. The first-order valence-electron chi connectivity index (χ1n) is 7.77. The summed E-state index contributed by atoms with van der Waals surface area (Å²) in [6.07, 6.45) is 1.17. The van der Waals surface area contributed by atoms with Crippen LogP contribution in [-0.2, 0) is 14.3 Å². The summed E-state index contributed by atoms with van der Waals surface area (Å²) < 4.78 is 10.1. The maximum absolute atomic E-state index is 11.9. The van der Waals surface area contributed by atoms with Gasteiger partial charge in [-0.25, -0.2) is 9.59 Å². The number of nitrogens with zero attached hydrogens (tertiary/aromatic N) is 1. The molecule has 0 spiro atoms. The molecule has 1 atom stereocenters. The minimum absolute atomic E-state index is 0.247. The molecule has 0 aromatic rings. The van der Waals surface area contributed by atoms with Crippen LogP contribution in [0.4, 0.5) is 4.79 Å². The Kier molecular flexibility index (Phi) is 9.96. The van der Waals surface area contributed by atoms with Gasteiger partial charge in [0.05, 0.1) is 6.61 Å². The minimum atomic E-state index is -0.745. The van der Waals surface area contributed by atoms with Gasteiger partial charge in [-0.05, 0) is 53.9 Å². The highest BCUT2D eigenvalue weighted by Crippen LogP contribution is 2.09. The molecule has 0 bridgehead atoms. The number of hydrogen-bond acceptors (Lipinski definition) is 6. The number of carbonyl (C=O) groups is 2. The molecule has 8 heteroatoms. The maximum atomic E-state index is 11.9. The van der Waals surface area contributed by atoms with Crippen LogP contribution in [0.25, 0.3) is 0 Å². The van der Waals surface area contributed by atoms with E-state index in [1.807, 2.05) is 5.48 Å². The molecule has 3 N–H and O–H groups in total. The van der Waals surface area contributed by atoms with Crippen LogP contribution in [0.3, 0.4) is 0 Å². The first-order chi connectivity index (χ1) is 10.7. The van der Waals surface area contributed by atoms with Crippen molar-refractivity contribution in [3.05, 3.63) is 0 Å². The predicted octanol–water partition coefficient (Wildman–Crippen LogP) is 2.01. The molecular formula is C15H29N3O5. The number of unbranched alkanes of at least 4 members (excludes halogenated alkanes) is 1. The summed E-state index contributed by atoms with van der Waals surface area (Å²) >= 11 is 0. The molecule has 0 saturated carbocycles. The van der Waals surface area contributed by atoms with Crippen LogP contribution < -0.4 is 10.8 Å². The van der Waals surface area contributed by atoms with E-state index < -0.39 is 23.7 Å². The zero-order valence-electron chi connectivity index (χ0n) is 14.6. The molecule has 0 radical (unpaired) electrons. The molecule has 0 heterocycles. The SMILES string of the molecule is CCOC(=O)[C@H](CCCCN=C(C)NO)NC(=O)OC(C)(C)C. The monoisotopic (exact) mass is 331 g/mol. The van der Waals surface area contributed by atoms with Gasteiger partial charge in [-0.1, -0.05) is 0 Å². The van der Waals surface area contributed by atoms with Crippen molar-refractivity contribution in [2.24, 2.45) is 4.99 Å². The fourth-order valence-electron chi connectivity index (χ4n) is 1.68. The summed E-state index contributed by atoms with van der Waals surface area (Å²) in [5.41, 5.74) is 1.32. The number of amides is 1. The lowest BCUT2D eigenvalue weighted by atomic mass is 10.1. The lowest BCUT2D eigenvalue weighted by molar-refractivity contribution is -0.145. The quantitative estimate of drug-likeness (QED) is 0.206. The molecule has 0 aromatic heterocycles. The second-order valence-electron chi connectivity index (χ2n) is 6.03. The zero-order chi connectivity index (χ0) is 17.9. The molecule has 23 heavy (non-hydrogen) atoms. The third-order valence-corrected chi connectivity index (χ3v) is 2.67. The Morgan fingerprint density at radius 2 is 1.91 bits per heavy atom. The smallest absolute Gasteiger partial charge is 0.408 e. The molecule has 0 unspecified atom stereocenters. The van der Waals surface area contributed by atoms with Gasteiger partial charge in [0.2, 0.25) is 0 Å². The highest BCUT2D eigenvalue weighted by molar-refractivity contribution is 5.81. The molecule has 0 rings (SSSR count). The fraction of sp³-hybridized carbons (Fsp3) is 0.800. The van der Waals surface area contributed by atoms with Gasteiger partial charge in [0, 0.05) is 6.54 Å². The van der Waals surface area contributed by atoms with Gasteiger partial charge in [0.15, 0.2) is 0 Å². The van der Waals surface area contributed by atoms with Crippen LogP contribution in [0.15, 0.2) is 4.99 Å². The van der Waals surface area contributed by atoms with Crippen LogP contribution in [0.2, 0.25) is 0 Å². The summed E-state index contributed by atoms with van der Waals surface area (Å²) in [5, 5.41) is 11.1. The number of alkyl carbamates (subject to hydrolysis) is 1. The second-order valence-corrected chi connectivity index (χ2v) is 6.03. The van der Waals surface area contributed by atoms with Gasteiger partial charge >= 0.3 is 12.1 Å². The maximum Gasteiger partial charge on any atom is 0.408 e.